The summed E-state index contributed by atoms with van der Waals surface area (Å²) in [6.07, 6.45) is 0. The van der Waals surface area contributed by atoms with Crippen LogP contribution in [0.3, 0.4) is 0 Å². The van der Waals surface area contributed by atoms with Crippen LogP contribution < -0.4 is 5.32 Å². The predicted molar refractivity (Wildman–Crippen MR) is 127 cm³/mol. The van der Waals surface area contributed by atoms with Gasteiger partial charge in [-0.15, -0.1) is 0 Å². The number of ether oxygens (including phenoxy) is 1. The van der Waals surface area contributed by atoms with Gasteiger partial charge in [-0.25, -0.2) is 0 Å². The number of amides is 1. The smallest absolute Gasteiger partial charge is 0.240 e. The predicted octanol–water partition coefficient (Wildman–Crippen LogP) is 3.76. The summed E-state index contributed by atoms with van der Waals surface area (Å²) in [5.41, 5.74) is 3.14. The van der Waals surface area contributed by atoms with Crippen LogP contribution in [-0.4, -0.2) is 58.4 Å². The van der Waals surface area contributed by atoms with Crippen LogP contribution >= 0.6 is 23.8 Å². The molecule has 1 saturated heterocycles. The zero-order valence-electron chi connectivity index (χ0n) is 17.9. The Hall–Kier alpha value is -2.52. The lowest BCUT2D eigenvalue weighted by atomic mass is 10.0. The van der Waals surface area contributed by atoms with Crippen molar-refractivity contribution in [1.82, 2.24) is 25.0 Å². The van der Waals surface area contributed by atoms with Gasteiger partial charge in [0.25, 0.3) is 0 Å². The first-order valence-corrected chi connectivity index (χ1v) is 11.4. The third-order valence-corrected chi connectivity index (χ3v) is 6.13. The highest BCUT2D eigenvalue weighted by molar-refractivity contribution is 7.71. The molecule has 0 aliphatic carbocycles. The van der Waals surface area contributed by atoms with Gasteiger partial charge in [0.05, 0.1) is 19.3 Å². The minimum atomic E-state index is -0.122. The molecule has 1 aliphatic heterocycles. The van der Waals surface area contributed by atoms with E-state index >= 15 is 0 Å². The summed E-state index contributed by atoms with van der Waals surface area (Å²) in [6.45, 7) is 5.58. The van der Waals surface area contributed by atoms with Crippen LogP contribution in [0.4, 0.5) is 0 Å². The van der Waals surface area contributed by atoms with Crippen LogP contribution in [0.15, 0.2) is 48.5 Å². The van der Waals surface area contributed by atoms with Crippen molar-refractivity contribution in [1.29, 1.82) is 0 Å². The van der Waals surface area contributed by atoms with Gasteiger partial charge in [0.1, 0.15) is 6.54 Å². The molecule has 1 unspecified atom stereocenters. The largest absolute Gasteiger partial charge is 0.379 e. The van der Waals surface area contributed by atoms with E-state index in [4.69, 9.17) is 28.6 Å². The van der Waals surface area contributed by atoms with Gasteiger partial charge in [-0.3, -0.25) is 19.4 Å². The van der Waals surface area contributed by atoms with Crippen LogP contribution in [0.25, 0.3) is 11.4 Å². The molecule has 1 fully saturated rings. The third kappa shape index (κ3) is 5.45. The zero-order chi connectivity index (χ0) is 22.5. The van der Waals surface area contributed by atoms with Gasteiger partial charge in [-0.05, 0) is 42.9 Å². The maximum absolute atomic E-state index is 12.9. The van der Waals surface area contributed by atoms with Gasteiger partial charge in [0.2, 0.25) is 5.91 Å². The summed E-state index contributed by atoms with van der Waals surface area (Å²) in [7, 11) is 0. The van der Waals surface area contributed by atoms with Crippen molar-refractivity contribution in [3.8, 4) is 11.4 Å². The van der Waals surface area contributed by atoms with Crippen molar-refractivity contribution in [3.63, 3.8) is 0 Å². The molecule has 1 amide bonds. The summed E-state index contributed by atoms with van der Waals surface area (Å²) < 4.78 is 7.65. The first-order chi connectivity index (χ1) is 15.5. The van der Waals surface area contributed by atoms with Gasteiger partial charge in [-0.2, -0.15) is 5.10 Å². The molecule has 32 heavy (non-hydrogen) atoms. The van der Waals surface area contributed by atoms with Crippen LogP contribution in [0.1, 0.15) is 17.2 Å². The van der Waals surface area contributed by atoms with Gasteiger partial charge in [0.15, 0.2) is 10.6 Å². The SMILES string of the molecule is Cc1cccc(-c2n[nH]c(=S)n2CC(=O)NCC(c2ccc(Cl)cc2)N2CCOCC2)c1. The number of rotatable bonds is 7. The van der Waals surface area contributed by atoms with E-state index in [2.05, 4.69) is 20.4 Å². The van der Waals surface area contributed by atoms with E-state index in [-0.39, 0.29) is 18.5 Å². The normalized spacial score (nSPS) is 15.4. The second-order valence-electron chi connectivity index (χ2n) is 7.83. The molecular formula is C23H26ClN5O2S. The number of benzene rings is 2. The van der Waals surface area contributed by atoms with Crippen LogP contribution in [0.5, 0.6) is 0 Å². The lowest BCUT2D eigenvalue weighted by molar-refractivity contribution is -0.122. The number of aryl methyl sites for hydroxylation is 1. The second kappa shape index (κ2) is 10.4. The number of aromatic amines is 1. The highest BCUT2D eigenvalue weighted by atomic mass is 35.5. The minimum Gasteiger partial charge on any atom is -0.379 e. The molecule has 0 spiro atoms. The monoisotopic (exact) mass is 471 g/mol. The minimum absolute atomic E-state index is 0.0358. The number of aromatic nitrogens is 3. The van der Waals surface area contributed by atoms with Crippen LogP contribution in [0.2, 0.25) is 5.02 Å². The summed E-state index contributed by atoms with van der Waals surface area (Å²) in [4.78, 5) is 15.2. The Bertz CT molecular complexity index is 1120. The molecule has 4 rings (SSSR count). The summed E-state index contributed by atoms with van der Waals surface area (Å²) in [5.74, 6) is 0.528. The molecule has 0 radical (unpaired) electrons. The molecule has 3 aromatic rings. The lowest BCUT2D eigenvalue weighted by Crippen LogP contribution is -2.44. The fraction of sp³-hybridized carbons (Fsp3) is 0.348. The first kappa shape index (κ1) is 22.7. The molecule has 0 saturated carbocycles. The maximum Gasteiger partial charge on any atom is 0.240 e. The molecule has 168 valence electrons. The third-order valence-electron chi connectivity index (χ3n) is 5.57. The van der Waals surface area contributed by atoms with Crippen molar-refractivity contribution in [3.05, 3.63) is 69.5 Å². The number of nitrogens with one attached hydrogen (secondary N) is 2. The van der Waals surface area contributed by atoms with Crippen molar-refractivity contribution >= 4 is 29.7 Å². The molecule has 1 aliphatic rings. The van der Waals surface area contributed by atoms with Gasteiger partial charge >= 0.3 is 0 Å². The zero-order valence-corrected chi connectivity index (χ0v) is 19.5. The van der Waals surface area contributed by atoms with Crippen LogP contribution in [-0.2, 0) is 16.1 Å². The standard InChI is InChI=1S/C23H26ClN5O2S/c1-16-3-2-4-18(13-16)22-26-27-23(32)29(22)15-21(30)25-14-20(28-9-11-31-12-10-28)17-5-7-19(24)8-6-17/h2-8,13,20H,9-12,14-15H2,1H3,(H,25,30)(H,27,32). The van der Waals surface area contributed by atoms with Gasteiger partial charge in [0, 0.05) is 30.2 Å². The molecule has 2 N–H and O–H groups in total. The summed E-state index contributed by atoms with van der Waals surface area (Å²) >= 11 is 11.5. The number of halogens is 1. The van der Waals surface area contributed by atoms with E-state index < -0.39 is 0 Å². The second-order valence-corrected chi connectivity index (χ2v) is 8.65. The van der Waals surface area contributed by atoms with Gasteiger partial charge < -0.3 is 10.1 Å². The number of carbonyl (C=O) groups excluding carboxylic acids is 1. The topological polar surface area (TPSA) is 75.2 Å². The highest BCUT2D eigenvalue weighted by Crippen LogP contribution is 2.23. The van der Waals surface area contributed by atoms with Crippen molar-refractivity contribution in [2.24, 2.45) is 0 Å². The Morgan fingerprint density at radius 3 is 2.72 bits per heavy atom. The van der Waals surface area contributed by atoms with E-state index in [1.807, 2.05) is 55.5 Å². The maximum atomic E-state index is 12.9. The molecule has 1 atom stereocenters. The Labute approximate surface area is 197 Å². The van der Waals surface area contributed by atoms with E-state index in [1.165, 1.54) is 0 Å². The molecule has 2 heterocycles. The van der Waals surface area contributed by atoms with E-state index in [1.54, 1.807) is 4.57 Å². The molecule has 2 aromatic carbocycles. The van der Waals surface area contributed by atoms with Crippen molar-refractivity contribution in [2.45, 2.75) is 19.5 Å². The summed E-state index contributed by atoms with van der Waals surface area (Å²) in [5, 5.41) is 10.9. The molecule has 9 heteroatoms. The highest BCUT2D eigenvalue weighted by Gasteiger charge is 2.23. The van der Waals surface area contributed by atoms with E-state index in [9.17, 15) is 4.79 Å². The molecular weight excluding hydrogens is 446 g/mol. The average molecular weight is 472 g/mol. The van der Waals surface area contributed by atoms with Crippen molar-refractivity contribution < 1.29 is 9.53 Å². The first-order valence-electron chi connectivity index (χ1n) is 10.6. The van der Waals surface area contributed by atoms with Crippen molar-refractivity contribution in [2.75, 3.05) is 32.8 Å². The Kier molecular flexibility index (Phi) is 7.36. The Balaban J connectivity index is 1.48. The van der Waals surface area contributed by atoms with E-state index in [0.717, 1.165) is 29.8 Å². The molecule has 0 bridgehead atoms. The number of hydrogen-bond donors (Lipinski definition) is 2. The lowest BCUT2D eigenvalue weighted by Gasteiger charge is -2.35. The fourth-order valence-corrected chi connectivity index (χ4v) is 4.23. The van der Waals surface area contributed by atoms with Crippen LogP contribution in [0, 0.1) is 11.7 Å². The number of nitrogens with zero attached hydrogens (tertiary/aromatic N) is 3. The average Bonchev–Trinajstić information content (AvgIpc) is 3.16. The number of morpholine rings is 1. The van der Waals surface area contributed by atoms with E-state index in [0.29, 0.717) is 35.4 Å². The number of carbonyl (C=O) groups is 1. The fourth-order valence-electron chi connectivity index (χ4n) is 3.91. The molecule has 1 aromatic heterocycles. The molecule has 7 nitrogen and oxygen atoms in total. The Morgan fingerprint density at radius 1 is 1.25 bits per heavy atom. The Morgan fingerprint density at radius 2 is 2.00 bits per heavy atom. The van der Waals surface area contributed by atoms with Gasteiger partial charge in [-0.1, -0.05) is 47.5 Å². The summed E-state index contributed by atoms with van der Waals surface area (Å²) in [6, 6.07) is 15.8. The number of hydrogen-bond acceptors (Lipinski definition) is 5. The number of H-pyrrole nitrogens is 1. The quantitative estimate of drug-likeness (QED) is 0.513.